The van der Waals surface area contributed by atoms with Crippen LogP contribution in [0.4, 0.5) is 15.9 Å². The molecule has 1 saturated heterocycles. The van der Waals surface area contributed by atoms with Crippen LogP contribution < -0.4 is 5.32 Å². The normalized spacial score (nSPS) is 14.5. The van der Waals surface area contributed by atoms with Crippen LogP contribution in [0.15, 0.2) is 34.9 Å². The number of likely N-dealkylation sites (tertiary alicyclic amines) is 1. The summed E-state index contributed by atoms with van der Waals surface area (Å²) in [5.41, 5.74) is -0.602. The molecule has 10 heteroatoms. The highest BCUT2D eigenvalue weighted by Crippen LogP contribution is 2.26. The van der Waals surface area contributed by atoms with Crippen molar-refractivity contribution < 1.29 is 18.9 Å². The van der Waals surface area contributed by atoms with E-state index in [-0.39, 0.29) is 23.0 Å². The van der Waals surface area contributed by atoms with Crippen molar-refractivity contribution in [2.75, 3.05) is 18.4 Å². The Hall–Kier alpha value is -2.88. The fourth-order valence-corrected chi connectivity index (χ4v) is 3.42. The van der Waals surface area contributed by atoms with Crippen molar-refractivity contribution in [2.45, 2.75) is 19.8 Å². The van der Waals surface area contributed by atoms with Crippen LogP contribution in [-0.4, -0.2) is 39.7 Å². The molecule has 0 saturated carbocycles. The molecule has 0 atom stereocenters. The van der Waals surface area contributed by atoms with Crippen LogP contribution in [0.25, 0.3) is 0 Å². The summed E-state index contributed by atoms with van der Waals surface area (Å²) < 4.78 is 14.8. The van der Waals surface area contributed by atoms with Crippen LogP contribution in [0.1, 0.15) is 28.8 Å². The van der Waals surface area contributed by atoms with E-state index in [0.29, 0.717) is 31.7 Å². The van der Waals surface area contributed by atoms with Crippen molar-refractivity contribution in [1.29, 1.82) is 0 Å². The first kappa shape index (κ1) is 20.8. The van der Waals surface area contributed by atoms with E-state index in [2.05, 4.69) is 26.2 Å². The van der Waals surface area contributed by atoms with Crippen LogP contribution in [-0.2, 0) is 4.79 Å². The Bertz CT molecular complexity index is 959. The number of hydrogen-bond donors (Lipinski definition) is 1. The number of benzene rings is 1. The molecule has 3 rings (SSSR count). The topological polar surface area (TPSA) is 105 Å². The Labute approximate surface area is 174 Å². The van der Waals surface area contributed by atoms with Gasteiger partial charge in [-0.15, -0.1) is 0 Å². The van der Waals surface area contributed by atoms with Gasteiger partial charge >= 0.3 is 0 Å². The first-order valence-electron chi connectivity index (χ1n) is 8.92. The summed E-state index contributed by atoms with van der Waals surface area (Å²) in [6.45, 7) is 1.90. The molecule has 0 bridgehead atoms. The number of rotatable bonds is 4. The third-order valence-corrected chi connectivity index (χ3v) is 5.36. The lowest BCUT2D eigenvalue weighted by atomic mass is 9.95. The van der Waals surface area contributed by atoms with Crippen LogP contribution in [0.3, 0.4) is 0 Å². The van der Waals surface area contributed by atoms with Crippen LogP contribution in [0, 0.1) is 28.8 Å². The highest BCUT2D eigenvalue weighted by Gasteiger charge is 2.29. The van der Waals surface area contributed by atoms with Crippen molar-refractivity contribution in [3.8, 4) is 0 Å². The monoisotopic (exact) mass is 464 g/mol. The maximum atomic E-state index is 14.0. The maximum Gasteiger partial charge on any atom is 0.276 e. The predicted octanol–water partition coefficient (Wildman–Crippen LogP) is 3.69. The zero-order chi connectivity index (χ0) is 21.1. The summed E-state index contributed by atoms with van der Waals surface area (Å²) in [5, 5.41) is 13.8. The lowest BCUT2D eigenvalue weighted by Crippen LogP contribution is -2.41. The molecule has 1 aliphatic rings. The number of aromatic nitrogens is 1. The fraction of sp³-hybridized carbons (Fsp3) is 0.316. The van der Waals surface area contributed by atoms with E-state index in [1.807, 2.05) is 0 Å². The minimum atomic E-state index is -0.793. The van der Waals surface area contributed by atoms with Crippen molar-refractivity contribution in [2.24, 2.45) is 5.92 Å². The number of anilines is 1. The number of nitrogens with zero attached hydrogens (tertiary/aromatic N) is 3. The Balaban J connectivity index is 1.63. The first-order chi connectivity index (χ1) is 13.8. The lowest BCUT2D eigenvalue weighted by molar-refractivity contribution is -0.385. The van der Waals surface area contributed by atoms with Gasteiger partial charge in [0.05, 0.1) is 10.5 Å². The van der Waals surface area contributed by atoms with E-state index in [1.165, 1.54) is 11.8 Å². The second-order valence-electron chi connectivity index (χ2n) is 6.78. The number of nitrogens with one attached hydrogen (secondary N) is 1. The summed E-state index contributed by atoms with van der Waals surface area (Å²) >= 11 is 3.27. The number of nitro groups is 1. The molecule has 8 nitrogen and oxygen atoms in total. The molecule has 1 aromatic carbocycles. The van der Waals surface area contributed by atoms with Crippen molar-refractivity contribution in [1.82, 2.24) is 9.88 Å². The quantitative estimate of drug-likeness (QED) is 0.548. The predicted molar refractivity (Wildman–Crippen MR) is 107 cm³/mol. The average molecular weight is 465 g/mol. The van der Waals surface area contributed by atoms with Gasteiger partial charge in [-0.2, -0.15) is 0 Å². The minimum Gasteiger partial charge on any atom is -0.339 e. The van der Waals surface area contributed by atoms with Crippen LogP contribution in [0.2, 0.25) is 0 Å². The van der Waals surface area contributed by atoms with Gasteiger partial charge < -0.3 is 10.2 Å². The van der Waals surface area contributed by atoms with Gasteiger partial charge in [0.25, 0.3) is 11.6 Å². The summed E-state index contributed by atoms with van der Waals surface area (Å²) in [6.07, 6.45) is 2.45. The molecule has 1 aliphatic heterocycles. The highest BCUT2D eigenvalue weighted by molar-refractivity contribution is 9.10. The molecule has 0 spiro atoms. The van der Waals surface area contributed by atoms with Crippen LogP contribution >= 0.6 is 15.9 Å². The van der Waals surface area contributed by atoms with Gasteiger partial charge in [0.2, 0.25) is 5.91 Å². The molecule has 0 radical (unpaired) electrons. The lowest BCUT2D eigenvalue weighted by Gasteiger charge is -2.31. The van der Waals surface area contributed by atoms with E-state index in [9.17, 15) is 24.1 Å². The van der Waals surface area contributed by atoms with Gasteiger partial charge in [-0.3, -0.25) is 19.7 Å². The molecule has 1 fully saturated rings. The Kier molecular flexibility index (Phi) is 6.21. The van der Waals surface area contributed by atoms with Gasteiger partial charge in [-0.1, -0.05) is 0 Å². The molecule has 0 aliphatic carbocycles. The highest BCUT2D eigenvalue weighted by atomic mass is 79.9. The zero-order valence-electron chi connectivity index (χ0n) is 15.5. The zero-order valence-corrected chi connectivity index (χ0v) is 17.1. The molecular weight excluding hydrogens is 447 g/mol. The maximum absolute atomic E-state index is 14.0. The molecule has 1 aromatic heterocycles. The van der Waals surface area contributed by atoms with Gasteiger partial charge in [-0.25, -0.2) is 9.37 Å². The molecule has 152 valence electrons. The third kappa shape index (κ3) is 4.76. The summed E-state index contributed by atoms with van der Waals surface area (Å²) in [4.78, 5) is 41.0. The second kappa shape index (κ2) is 8.64. The average Bonchev–Trinajstić information content (AvgIpc) is 2.71. The summed E-state index contributed by atoms with van der Waals surface area (Å²) in [6, 6.07) is 5.56. The molecule has 1 N–H and O–H groups in total. The third-order valence-electron chi connectivity index (χ3n) is 4.89. The summed E-state index contributed by atoms with van der Waals surface area (Å²) in [7, 11) is 0. The molecule has 0 unspecified atom stereocenters. The Morgan fingerprint density at radius 1 is 1.31 bits per heavy atom. The molecule has 2 amide bonds. The Morgan fingerprint density at radius 2 is 2.00 bits per heavy atom. The van der Waals surface area contributed by atoms with E-state index in [1.54, 1.807) is 18.3 Å². The number of carbonyl (C=O) groups excluding carboxylic acids is 2. The van der Waals surface area contributed by atoms with Crippen molar-refractivity contribution in [3.05, 3.63) is 62.0 Å². The van der Waals surface area contributed by atoms with Crippen molar-refractivity contribution in [3.63, 3.8) is 0 Å². The van der Waals surface area contributed by atoms with Gasteiger partial charge in [0.1, 0.15) is 11.6 Å². The van der Waals surface area contributed by atoms with E-state index < -0.39 is 22.3 Å². The SMILES string of the molecule is Cc1c(F)cc(C(=O)N2CCC(C(=O)Nc3ccc(Br)cn3)CC2)cc1[N+](=O)[O-]. The summed E-state index contributed by atoms with van der Waals surface area (Å²) in [5.74, 6) is -1.30. The Morgan fingerprint density at radius 3 is 2.59 bits per heavy atom. The number of piperidine rings is 1. The van der Waals surface area contributed by atoms with Crippen molar-refractivity contribution >= 4 is 39.2 Å². The van der Waals surface area contributed by atoms with Gasteiger partial charge in [-0.05, 0) is 53.9 Å². The molecule has 2 heterocycles. The number of hydrogen-bond acceptors (Lipinski definition) is 5. The largest absolute Gasteiger partial charge is 0.339 e. The van der Waals surface area contributed by atoms with Crippen LogP contribution in [0.5, 0.6) is 0 Å². The second-order valence-corrected chi connectivity index (χ2v) is 7.69. The first-order valence-corrected chi connectivity index (χ1v) is 9.72. The molecule has 29 heavy (non-hydrogen) atoms. The number of nitro benzene ring substituents is 1. The molecule has 2 aromatic rings. The number of pyridine rings is 1. The smallest absolute Gasteiger partial charge is 0.276 e. The fourth-order valence-electron chi connectivity index (χ4n) is 3.18. The van der Waals surface area contributed by atoms with E-state index in [0.717, 1.165) is 16.6 Å². The standard InChI is InChI=1S/C19H18BrFN4O4/c1-11-15(21)8-13(9-16(11)25(28)29)19(27)24-6-4-12(5-7-24)18(26)23-17-3-2-14(20)10-22-17/h2-3,8-10,12H,4-7H2,1H3,(H,22,23,26). The number of halogens is 2. The minimum absolute atomic E-state index is 0.0678. The molecular formula is C19H18BrFN4O4. The van der Waals surface area contributed by atoms with Gasteiger partial charge in [0.15, 0.2) is 0 Å². The number of amides is 2. The van der Waals surface area contributed by atoms with Gasteiger partial charge in [0, 0.05) is 41.3 Å². The van der Waals surface area contributed by atoms with E-state index >= 15 is 0 Å². The van der Waals surface area contributed by atoms with E-state index in [4.69, 9.17) is 0 Å². The number of carbonyl (C=O) groups is 2.